The van der Waals surface area contributed by atoms with E-state index in [2.05, 4.69) is 49.3 Å². The van der Waals surface area contributed by atoms with Gasteiger partial charge in [-0.2, -0.15) is 0 Å². The van der Waals surface area contributed by atoms with Gasteiger partial charge in [0.2, 0.25) is 0 Å². The van der Waals surface area contributed by atoms with Gasteiger partial charge in [0, 0.05) is 65.4 Å². The van der Waals surface area contributed by atoms with Gasteiger partial charge in [0.25, 0.3) is 0 Å². The Morgan fingerprint density at radius 1 is 0.966 bits per heavy atom. The lowest BCUT2D eigenvalue weighted by atomic mass is 10.1. The topological polar surface area (TPSA) is 52.6 Å². The predicted octanol–water partition coefficient (Wildman–Crippen LogP) is 1.00. The maximum Gasteiger partial charge on any atom is 0.193 e. The van der Waals surface area contributed by atoms with E-state index < -0.39 is 0 Å². The molecule has 3 aliphatic rings. The molecular formula is C22H35N5O2. The van der Waals surface area contributed by atoms with Crippen molar-refractivity contribution in [2.75, 3.05) is 72.7 Å². The predicted molar refractivity (Wildman–Crippen MR) is 115 cm³/mol. The van der Waals surface area contributed by atoms with Crippen molar-refractivity contribution in [1.29, 1.82) is 0 Å². The zero-order chi connectivity index (χ0) is 19.9. The van der Waals surface area contributed by atoms with E-state index in [0.717, 1.165) is 84.7 Å². The van der Waals surface area contributed by atoms with Crippen LogP contribution in [0.15, 0.2) is 29.3 Å². The fourth-order valence-electron chi connectivity index (χ4n) is 4.47. The minimum atomic E-state index is 0.622. The average Bonchev–Trinajstić information content (AvgIpc) is 3.27. The molecule has 0 bridgehead atoms. The lowest BCUT2D eigenvalue weighted by Crippen LogP contribution is -2.46. The third-order valence-corrected chi connectivity index (χ3v) is 6.22. The van der Waals surface area contributed by atoms with Gasteiger partial charge in [-0.15, -0.1) is 0 Å². The Morgan fingerprint density at radius 3 is 2.31 bits per heavy atom. The molecule has 1 N–H and O–H groups in total. The number of rotatable bonds is 5. The first-order valence-corrected chi connectivity index (χ1v) is 11.0. The summed E-state index contributed by atoms with van der Waals surface area (Å²) in [7, 11) is 1.88. The van der Waals surface area contributed by atoms with E-state index in [-0.39, 0.29) is 0 Å². The molecule has 160 valence electrons. The van der Waals surface area contributed by atoms with E-state index in [9.17, 15) is 0 Å². The minimum absolute atomic E-state index is 0.622. The molecule has 0 radical (unpaired) electrons. The number of likely N-dealkylation sites (tertiary alicyclic amines) is 1. The van der Waals surface area contributed by atoms with Crippen molar-refractivity contribution in [1.82, 2.24) is 20.0 Å². The number of hydrogen-bond donors (Lipinski definition) is 1. The van der Waals surface area contributed by atoms with Gasteiger partial charge in [0.15, 0.2) is 5.96 Å². The summed E-state index contributed by atoms with van der Waals surface area (Å²) in [5.74, 6) is 1.01. The Kier molecular flexibility index (Phi) is 7.38. The third kappa shape index (κ3) is 5.69. The fraction of sp³-hybridized carbons (Fsp3) is 0.682. The number of guanidine groups is 1. The van der Waals surface area contributed by atoms with Gasteiger partial charge in [0.1, 0.15) is 0 Å². The molecule has 0 aliphatic carbocycles. The average molecular weight is 402 g/mol. The molecule has 1 atom stereocenters. The molecule has 29 heavy (non-hydrogen) atoms. The van der Waals surface area contributed by atoms with Crippen LogP contribution in [0.4, 0.5) is 0 Å². The first-order chi connectivity index (χ1) is 14.3. The summed E-state index contributed by atoms with van der Waals surface area (Å²) < 4.78 is 10.9. The molecular weight excluding hydrogens is 366 g/mol. The molecule has 0 saturated carbocycles. The van der Waals surface area contributed by atoms with Crippen LogP contribution < -0.4 is 5.32 Å². The normalized spacial score (nSPS) is 24.8. The smallest absolute Gasteiger partial charge is 0.193 e. The maximum atomic E-state index is 5.49. The highest BCUT2D eigenvalue weighted by atomic mass is 16.5. The Labute approximate surface area is 174 Å². The molecule has 4 rings (SSSR count). The van der Waals surface area contributed by atoms with Crippen LogP contribution in [0.3, 0.4) is 0 Å². The van der Waals surface area contributed by atoms with Crippen molar-refractivity contribution in [2.24, 2.45) is 4.99 Å². The van der Waals surface area contributed by atoms with Gasteiger partial charge in [-0.3, -0.25) is 14.8 Å². The Bertz CT molecular complexity index is 654. The highest BCUT2D eigenvalue weighted by molar-refractivity contribution is 5.80. The summed E-state index contributed by atoms with van der Waals surface area (Å²) in [4.78, 5) is 12.0. The van der Waals surface area contributed by atoms with Gasteiger partial charge in [-0.25, -0.2) is 0 Å². The molecule has 0 aromatic heterocycles. The molecule has 3 heterocycles. The van der Waals surface area contributed by atoms with E-state index in [4.69, 9.17) is 9.47 Å². The van der Waals surface area contributed by atoms with Crippen LogP contribution in [-0.2, 0) is 22.6 Å². The first-order valence-electron chi connectivity index (χ1n) is 11.0. The second-order valence-corrected chi connectivity index (χ2v) is 8.14. The van der Waals surface area contributed by atoms with Crippen LogP contribution in [0, 0.1) is 0 Å². The van der Waals surface area contributed by atoms with E-state index in [1.54, 1.807) is 0 Å². The van der Waals surface area contributed by atoms with E-state index in [1.165, 1.54) is 17.5 Å². The fourth-order valence-corrected chi connectivity index (χ4v) is 4.47. The lowest BCUT2D eigenvalue weighted by molar-refractivity contribution is 0.0195. The summed E-state index contributed by atoms with van der Waals surface area (Å²) in [6, 6.07) is 9.59. The van der Waals surface area contributed by atoms with E-state index in [0.29, 0.717) is 6.04 Å². The molecule has 7 nitrogen and oxygen atoms in total. The Hall–Kier alpha value is -1.67. The molecule has 0 amide bonds. The number of aliphatic imine (C=N–C) groups is 1. The zero-order valence-electron chi connectivity index (χ0n) is 17.7. The highest BCUT2D eigenvalue weighted by Gasteiger charge is 2.30. The third-order valence-electron chi connectivity index (χ3n) is 6.22. The standard InChI is InChI=1S/C22H35N5O2/c1-23-22(27-7-6-21(18-27)26-10-14-29-15-11-26)24-16-19-2-4-20(5-3-19)17-25-8-12-28-13-9-25/h2-5,21H,6-18H2,1H3,(H,23,24). The van der Waals surface area contributed by atoms with E-state index in [1.807, 2.05) is 7.05 Å². The van der Waals surface area contributed by atoms with Gasteiger partial charge in [-0.1, -0.05) is 24.3 Å². The molecule has 1 aromatic rings. The molecule has 3 aliphatic heterocycles. The van der Waals surface area contributed by atoms with Crippen LogP contribution in [0.5, 0.6) is 0 Å². The van der Waals surface area contributed by atoms with Crippen molar-refractivity contribution in [3.8, 4) is 0 Å². The molecule has 3 fully saturated rings. The van der Waals surface area contributed by atoms with Crippen molar-refractivity contribution >= 4 is 5.96 Å². The van der Waals surface area contributed by atoms with Crippen LogP contribution in [0.2, 0.25) is 0 Å². The summed E-state index contributed by atoms with van der Waals surface area (Å²) in [6.45, 7) is 11.5. The van der Waals surface area contributed by atoms with Crippen molar-refractivity contribution in [2.45, 2.75) is 25.6 Å². The van der Waals surface area contributed by atoms with Gasteiger partial charge < -0.3 is 19.7 Å². The number of hydrogen-bond acceptors (Lipinski definition) is 5. The number of nitrogens with one attached hydrogen (secondary N) is 1. The van der Waals surface area contributed by atoms with Gasteiger partial charge >= 0.3 is 0 Å². The largest absolute Gasteiger partial charge is 0.379 e. The van der Waals surface area contributed by atoms with Crippen molar-refractivity contribution in [3.63, 3.8) is 0 Å². The number of nitrogens with zero attached hydrogens (tertiary/aromatic N) is 4. The Balaban J connectivity index is 1.24. The van der Waals surface area contributed by atoms with Gasteiger partial charge in [-0.05, 0) is 17.5 Å². The summed E-state index contributed by atoms with van der Waals surface area (Å²) in [6.07, 6.45) is 1.21. The second kappa shape index (κ2) is 10.4. The summed E-state index contributed by atoms with van der Waals surface area (Å²) in [5, 5.41) is 3.56. The monoisotopic (exact) mass is 401 g/mol. The van der Waals surface area contributed by atoms with Crippen molar-refractivity contribution < 1.29 is 9.47 Å². The second-order valence-electron chi connectivity index (χ2n) is 8.14. The molecule has 7 heteroatoms. The Morgan fingerprint density at radius 2 is 1.62 bits per heavy atom. The SMILES string of the molecule is CN=C(NCc1ccc(CN2CCOCC2)cc1)N1CCC(N2CCOCC2)C1. The highest BCUT2D eigenvalue weighted by Crippen LogP contribution is 2.17. The minimum Gasteiger partial charge on any atom is -0.379 e. The molecule has 3 saturated heterocycles. The van der Waals surface area contributed by atoms with Crippen LogP contribution in [0.1, 0.15) is 17.5 Å². The zero-order valence-corrected chi connectivity index (χ0v) is 17.7. The number of ether oxygens (including phenoxy) is 2. The van der Waals surface area contributed by atoms with Gasteiger partial charge in [0.05, 0.1) is 26.4 Å². The summed E-state index contributed by atoms with van der Waals surface area (Å²) >= 11 is 0. The maximum absolute atomic E-state index is 5.49. The first kappa shape index (κ1) is 20.6. The molecule has 0 spiro atoms. The summed E-state index contributed by atoms with van der Waals surface area (Å²) in [5.41, 5.74) is 2.66. The van der Waals surface area contributed by atoms with Crippen LogP contribution in [-0.4, -0.2) is 99.4 Å². The molecule has 1 aromatic carbocycles. The van der Waals surface area contributed by atoms with Crippen LogP contribution >= 0.6 is 0 Å². The number of benzene rings is 1. The van der Waals surface area contributed by atoms with Crippen molar-refractivity contribution in [3.05, 3.63) is 35.4 Å². The lowest BCUT2D eigenvalue weighted by Gasteiger charge is -2.32. The molecule has 1 unspecified atom stereocenters. The van der Waals surface area contributed by atoms with Crippen LogP contribution in [0.25, 0.3) is 0 Å². The number of morpholine rings is 2. The quantitative estimate of drug-likeness (QED) is 0.587. The van der Waals surface area contributed by atoms with E-state index >= 15 is 0 Å².